The molecule has 3 aromatic heterocycles. The van der Waals surface area contributed by atoms with Crippen molar-refractivity contribution in [2.24, 2.45) is 7.05 Å². The molecule has 3 heterocycles. The summed E-state index contributed by atoms with van der Waals surface area (Å²) in [5.41, 5.74) is 3.62. The Bertz CT molecular complexity index is 1160. The largest absolute Gasteiger partial charge is 0.479 e. The summed E-state index contributed by atoms with van der Waals surface area (Å²) in [7, 11) is 3.39. The van der Waals surface area contributed by atoms with E-state index in [0.29, 0.717) is 34.3 Å². The van der Waals surface area contributed by atoms with Gasteiger partial charge in [-0.25, -0.2) is 9.97 Å². The monoisotopic (exact) mass is 389 g/mol. The Morgan fingerprint density at radius 2 is 1.97 bits per heavy atom. The van der Waals surface area contributed by atoms with Gasteiger partial charge in [-0.15, -0.1) is 0 Å². The van der Waals surface area contributed by atoms with Gasteiger partial charge in [-0.1, -0.05) is 35.5 Å². The van der Waals surface area contributed by atoms with Crippen LogP contribution in [0.5, 0.6) is 5.88 Å². The van der Waals surface area contributed by atoms with Crippen LogP contribution in [0.1, 0.15) is 16.1 Å². The van der Waals surface area contributed by atoms with Crippen LogP contribution in [-0.2, 0) is 7.05 Å². The number of nitrogens with one attached hydrogen (secondary N) is 1. The van der Waals surface area contributed by atoms with Crippen LogP contribution in [0.4, 0.5) is 5.69 Å². The lowest BCUT2D eigenvalue weighted by molar-refractivity contribution is 0.102. The molecule has 0 atom stereocenters. The molecule has 0 saturated carbocycles. The molecule has 0 saturated heterocycles. The zero-order valence-electron chi connectivity index (χ0n) is 16.2. The number of ether oxygens (including phenoxy) is 1. The molecular formula is C21H19N5O3. The van der Waals surface area contributed by atoms with Gasteiger partial charge in [0.2, 0.25) is 5.88 Å². The Balaban J connectivity index is 1.66. The molecule has 0 fully saturated rings. The van der Waals surface area contributed by atoms with Crippen molar-refractivity contribution in [2.45, 2.75) is 6.92 Å². The second-order valence-electron chi connectivity index (χ2n) is 6.43. The number of amides is 1. The molecule has 8 heteroatoms. The second-order valence-corrected chi connectivity index (χ2v) is 6.43. The van der Waals surface area contributed by atoms with E-state index in [1.54, 1.807) is 31.6 Å². The average Bonchev–Trinajstić information content (AvgIpc) is 3.34. The molecule has 4 rings (SSSR count). The molecule has 1 N–H and O–H groups in total. The molecule has 8 nitrogen and oxygen atoms in total. The fourth-order valence-electron chi connectivity index (χ4n) is 3.06. The molecule has 146 valence electrons. The molecule has 0 aliphatic carbocycles. The summed E-state index contributed by atoms with van der Waals surface area (Å²) in [6, 6.07) is 13.0. The number of anilines is 1. The lowest BCUT2D eigenvalue weighted by Gasteiger charge is -2.11. The first-order chi connectivity index (χ1) is 14.1. The van der Waals surface area contributed by atoms with Gasteiger partial charge in [-0.05, 0) is 19.1 Å². The van der Waals surface area contributed by atoms with Gasteiger partial charge in [0, 0.05) is 12.6 Å². The van der Waals surface area contributed by atoms with E-state index in [9.17, 15) is 4.79 Å². The molecule has 0 aliphatic rings. The minimum atomic E-state index is -0.351. The first-order valence-corrected chi connectivity index (χ1v) is 8.93. The smallest absolute Gasteiger partial charge is 0.261 e. The van der Waals surface area contributed by atoms with Crippen LogP contribution in [0.3, 0.4) is 0 Å². The number of aromatic nitrogens is 4. The SMILES string of the molecule is COc1nc(-c2cncn2C)ccc1NC(=O)c1c(-c2ccccc2)noc1C. The van der Waals surface area contributed by atoms with Crippen molar-refractivity contribution < 1.29 is 14.1 Å². The van der Waals surface area contributed by atoms with Gasteiger partial charge in [-0.3, -0.25) is 4.79 Å². The number of methoxy groups -OCH3 is 1. The average molecular weight is 389 g/mol. The van der Waals surface area contributed by atoms with E-state index in [1.807, 2.05) is 41.9 Å². The Morgan fingerprint density at radius 3 is 2.66 bits per heavy atom. The normalized spacial score (nSPS) is 10.7. The molecular weight excluding hydrogens is 370 g/mol. The second kappa shape index (κ2) is 7.59. The Morgan fingerprint density at radius 1 is 1.17 bits per heavy atom. The number of aryl methyl sites for hydroxylation is 2. The number of pyridine rings is 1. The summed E-state index contributed by atoms with van der Waals surface area (Å²) in [6.45, 7) is 1.70. The predicted octanol–water partition coefficient (Wildman–Crippen LogP) is 3.71. The quantitative estimate of drug-likeness (QED) is 0.559. The highest BCUT2D eigenvalue weighted by Crippen LogP contribution is 2.29. The minimum Gasteiger partial charge on any atom is -0.479 e. The van der Waals surface area contributed by atoms with E-state index in [2.05, 4.69) is 20.4 Å². The van der Waals surface area contributed by atoms with Crippen molar-refractivity contribution in [1.82, 2.24) is 19.7 Å². The van der Waals surface area contributed by atoms with E-state index < -0.39 is 0 Å². The number of benzene rings is 1. The topological polar surface area (TPSA) is 95.1 Å². The number of carbonyl (C=O) groups is 1. The maximum Gasteiger partial charge on any atom is 0.261 e. The van der Waals surface area contributed by atoms with Crippen molar-refractivity contribution in [3.63, 3.8) is 0 Å². The van der Waals surface area contributed by atoms with Crippen LogP contribution in [-0.4, -0.2) is 32.7 Å². The van der Waals surface area contributed by atoms with Crippen molar-refractivity contribution in [1.29, 1.82) is 0 Å². The standard InChI is InChI=1S/C21H19N5O3/c1-13-18(19(25-29-13)14-7-5-4-6-8-14)20(27)23-16-10-9-15(24-21(16)28-3)17-11-22-12-26(17)2/h4-12H,1-3H3,(H,23,27). The Labute approximate surface area is 167 Å². The third kappa shape index (κ3) is 3.47. The van der Waals surface area contributed by atoms with Gasteiger partial charge < -0.3 is 19.1 Å². The van der Waals surface area contributed by atoms with E-state index in [4.69, 9.17) is 9.26 Å². The van der Waals surface area contributed by atoms with Crippen molar-refractivity contribution >= 4 is 11.6 Å². The molecule has 0 aliphatic heterocycles. The molecule has 4 aromatic rings. The zero-order chi connectivity index (χ0) is 20.4. The van der Waals surface area contributed by atoms with Gasteiger partial charge >= 0.3 is 0 Å². The van der Waals surface area contributed by atoms with Crippen molar-refractivity contribution in [2.75, 3.05) is 12.4 Å². The Hall–Kier alpha value is -3.94. The summed E-state index contributed by atoms with van der Waals surface area (Å²) < 4.78 is 12.5. The molecule has 0 unspecified atom stereocenters. The van der Waals surface area contributed by atoms with Gasteiger partial charge in [0.25, 0.3) is 5.91 Å². The third-order valence-electron chi connectivity index (χ3n) is 4.52. The summed E-state index contributed by atoms with van der Waals surface area (Å²) in [5.74, 6) is 0.378. The lowest BCUT2D eigenvalue weighted by atomic mass is 10.1. The highest BCUT2D eigenvalue weighted by molar-refractivity contribution is 6.09. The molecule has 0 spiro atoms. The molecule has 1 aromatic carbocycles. The predicted molar refractivity (Wildman–Crippen MR) is 108 cm³/mol. The summed E-state index contributed by atoms with van der Waals surface area (Å²) in [5, 5.41) is 6.91. The number of hydrogen-bond acceptors (Lipinski definition) is 6. The number of imidazole rings is 1. The van der Waals surface area contributed by atoms with Gasteiger partial charge in [0.15, 0.2) is 0 Å². The Kier molecular flexibility index (Phi) is 4.82. The van der Waals surface area contributed by atoms with Gasteiger partial charge in [0.05, 0.1) is 31.0 Å². The van der Waals surface area contributed by atoms with Gasteiger partial charge in [-0.2, -0.15) is 0 Å². The number of hydrogen-bond donors (Lipinski definition) is 1. The van der Waals surface area contributed by atoms with Crippen molar-refractivity contribution in [3.05, 3.63) is 66.3 Å². The van der Waals surface area contributed by atoms with Crippen LogP contribution < -0.4 is 10.1 Å². The number of carbonyl (C=O) groups excluding carboxylic acids is 1. The van der Waals surface area contributed by atoms with E-state index in [0.717, 1.165) is 11.3 Å². The molecule has 1 amide bonds. The molecule has 0 bridgehead atoms. The summed E-state index contributed by atoms with van der Waals surface area (Å²) in [4.78, 5) is 21.6. The highest BCUT2D eigenvalue weighted by Gasteiger charge is 2.23. The first-order valence-electron chi connectivity index (χ1n) is 8.93. The zero-order valence-corrected chi connectivity index (χ0v) is 16.2. The molecule has 0 radical (unpaired) electrons. The highest BCUT2D eigenvalue weighted by atomic mass is 16.5. The summed E-state index contributed by atoms with van der Waals surface area (Å²) >= 11 is 0. The van der Waals surface area contributed by atoms with Crippen LogP contribution >= 0.6 is 0 Å². The van der Waals surface area contributed by atoms with Crippen molar-refractivity contribution in [3.8, 4) is 28.5 Å². The minimum absolute atomic E-state index is 0.299. The van der Waals surface area contributed by atoms with Gasteiger partial charge in [0.1, 0.15) is 22.7 Å². The van der Waals surface area contributed by atoms with Crippen LogP contribution in [0, 0.1) is 6.92 Å². The van der Waals surface area contributed by atoms with E-state index in [1.165, 1.54) is 7.11 Å². The van der Waals surface area contributed by atoms with Crippen LogP contribution in [0.25, 0.3) is 22.6 Å². The third-order valence-corrected chi connectivity index (χ3v) is 4.52. The maximum atomic E-state index is 13.0. The van der Waals surface area contributed by atoms with Crippen LogP contribution in [0.15, 0.2) is 59.5 Å². The summed E-state index contributed by atoms with van der Waals surface area (Å²) in [6.07, 6.45) is 3.41. The lowest BCUT2D eigenvalue weighted by Crippen LogP contribution is -2.14. The number of nitrogens with zero attached hydrogens (tertiary/aromatic N) is 4. The van der Waals surface area contributed by atoms with E-state index in [-0.39, 0.29) is 5.91 Å². The van der Waals surface area contributed by atoms with Crippen LogP contribution in [0.2, 0.25) is 0 Å². The fourth-order valence-corrected chi connectivity index (χ4v) is 3.06. The molecule has 29 heavy (non-hydrogen) atoms. The maximum absolute atomic E-state index is 13.0. The first kappa shape index (κ1) is 18.4. The number of rotatable bonds is 5. The van der Waals surface area contributed by atoms with E-state index >= 15 is 0 Å². The fraction of sp³-hybridized carbons (Fsp3) is 0.143.